The number of nitrogen functional groups attached to an aromatic ring is 1. The zero-order chi connectivity index (χ0) is 14.0. The highest BCUT2D eigenvalue weighted by atomic mass is 79.9. The minimum absolute atomic E-state index is 0.0112. The second-order valence-electron chi connectivity index (χ2n) is 3.92. The lowest BCUT2D eigenvalue weighted by Gasteiger charge is -2.06. The molecular weight excluding hydrogens is 336 g/mol. The van der Waals surface area contributed by atoms with Crippen molar-refractivity contribution in [3.63, 3.8) is 0 Å². The molecule has 2 nitrogen and oxygen atoms in total. The number of anilines is 1. The minimum Gasteiger partial charge on any atom is -0.398 e. The Morgan fingerprint density at radius 2 is 1.89 bits per heavy atom. The Morgan fingerprint density at radius 3 is 2.53 bits per heavy atom. The molecule has 1 atom stereocenters. The summed E-state index contributed by atoms with van der Waals surface area (Å²) in [6.07, 6.45) is 0. The zero-order valence-corrected chi connectivity index (χ0v) is 12.1. The van der Waals surface area contributed by atoms with Crippen LogP contribution in [0.25, 0.3) is 0 Å². The lowest BCUT2D eigenvalue weighted by Crippen LogP contribution is -2.01. The summed E-state index contributed by atoms with van der Waals surface area (Å²) in [6, 6.07) is 8.17. The van der Waals surface area contributed by atoms with E-state index in [2.05, 4.69) is 15.9 Å². The lowest BCUT2D eigenvalue weighted by molar-refractivity contribution is 0.562. The van der Waals surface area contributed by atoms with Gasteiger partial charge >= 0.3 is 0 Å². The number of nitrogens with two attached hydrogens (primary N) is 1. The van der Waals surface area contributed by atoms with E-state index in [0.29, 0.717) is 5.69 Å². The quantitative estimate of drug-likeness (QED) is 0.863. The Bertz CT molecular complexity index is 649. The van der Waals surface area contributed by atoms with Crippen LogP contribution >= 0.6 is 15.9 Å². The number of rotatable bonds is 3. The summed E-state index contributed by atoms with van der Waals surface area (Å²) < 4.78 is 39.0. The van der Waals surface area contributed by atoms with Gasteiger partial charge in [-0.05, 0) is 45.8 Å². The topological polar surface area (TPSA) is 43.1 Å². The SMILES string of the molecule is Nc1cc(CS(=O)c2ccc(F)cc2F)ccc1Br. The summed E-state index contributed by atoms with van der Waals surface area (Å²) in [4.78, 5) is -0.0112. The first-order valence-corrected chi connectivity index (χ1v) is 7.46. The lowest BCUT2D eigenvalue weighted by atomic mass is 10.2. The van der Waals surface area contributed by atoms with Crippen LogP contribution in [0.15, 0.2) is 45.8 Å². The molecule has 0 amide bonds. The second kappa shape index (κ2) is 5.79. The van der Waals surface area contributed by atoms with E-state index in [9.17, 15) is 13.0 Å². The summed E-state index contributed by atoms with van der Waals surface area (Å²) in [5.41, 5.74) is 6.96. The molecule has 0 aromatic heterocycles. The van der Waals surface area contributed by atoms with Gasteiger partial charge in [0.2, 0.25) is 0 Å². The van der Waals surface area contributed by atoms with Crippen LogP contribution in [0.2, 0.25) is 0 Å². The van der Waals surface area contributed by atoms with Crippen molar-refractivity contribution >= 4 is 32.4 Å². The van der Waals surface area contributed by atoms with Gasteiger partial charge in [0, 0.05) is 16.2 Å². The number of hydrogen-bond donors (Lipinski definition) is 1. The van der Waals surface area contributed by atoms with Crippen LogP contribution in [0.1, 0.15) is 5.56 Å². The van der Waals surface area contributed by atoms with E-state index in [1.807, 2.05) is 0 Å². The minimum atomic E-state index is -1.58. The average Bonchev–Trinajstić information content (AvgIpc) is 2.33. The highest BCUT2D eigenvalue weighted by molar-refractivity contribution is 9.10. The summed E-state index contributed by atoms with van der Waals surface area (Å²) >= 11 is 3.26. The first-order chi connectivity index (χ1) is 8.97. The van der Waals surface area contributed by atoms with E-state index >= 15 is 0 Å². The molecule has 6 heteroatoms. The summed E-state index contributed by atoms with van der Waals surface area (Å²) in [6.45, 7) is 0. The maximum atomic E-state index is 13.5. The first kappa shape index (κ1) is 14.1. The molecule has 2 aromatic rings. The number of hydrogen-bond acceptors (Lipinski definition) is 2. The third-order valence-corrected chi connectivity index (χ3v) is 4.64. The van der Waals surface area contributed by atoms with Crippen molar-refractivity contribution in [2.24, 2.45) is 0 Å². The van der Waals surface area contributed by atoms with Crippen molar-refractivity contribution in [1.29, 1.82) is 0 Å². The van der Waals surface area contributed by atoms with Gasteiger partial charge in [-0.15, -0.1) is 0 Å². The van der Waals surface area contributed by atoms with E-state index in [4.69, 9.17) is 5.73 Å². The molecule has 0 heterocycles. The standard InChI is InChI=1S/C13H10BrF2NOS/c14-10-3-1-8(5-12(10)17)7-19(18)13-4-2-9(15)6-11(13)16/h1-6H,7,17H2. The van der Waals surface area contributed by atoms with E-state index in [0.717, 1.165) is 22.2 Å². The van der Waals surface area contributed by atoms with Gasteiger partial charge in [0.05, 0.1) is 21.4 Å². The van der Waals surface area contributed by atoms with Gasteiger partial charge in [-0.1, -0.05) is 6.07 Å². The highest BCUT2D eigenvalue weighted by Gasteiger charge is 2.12. The zero-order valence-electron chi connectivity index (χ0n) is 9.70. The molecule has 0 fully saturated rings. The normalized spacial score (nSPS) is 12.4. The third-order valence-electron chi connectivity index (χ3n) is 2.50. The fraction of sp³-hybridized carbons (Fsp3) is 0.0769. The molecule has 100 valence electrons. The monoisotopic (exact) mass is 345 g/mol. The molecule has 0 saturated carbocycles. The van der Waals surface area contributed by atoms with Gasteiger partial charge in [0.25, 0.3) is 0 Å². The Hall–Kier alpha value is -1.27. The van der Waals surface area contributed by atoms with Crippen LogP contribution in [0.5, 0.6) is 0 Å². The molecule has 0 saturated heterocycles. The molecule has 0 radical (unpaired) electrons. The molecule has 0 aliphatic carbocycles. The van der Waals surface area contributed by atoms with Crippen molar-refractivity contribution in [3.8, 4) is 0 Å². The maximum absolute atomic E-state index is 13.5. The number of benzene rings is 2. The molecule has 2 N–H and O–H groups in total. The van der Waals surface area contributed by atoms with Crippen LogP contribution in [0.4, 0.5) is 14.5 Å². The highest BCUT2D eigenvalue weighted by Crippen LogP contribution is 2.23. The Kier molecular flexibility index (Phi) is 4.31. The maximum Gasteiger partial charge on any atom is 0.142 e. The molecule has 0 aliphatic rings. The molecule has 1 unspecified atom stereocenters. The molecule has 19 heavy (non-hydrogen) atoms. The van der Waals surface area contributed by atoms with Crippen molar-refractivity contribution in [2.45, 2.75) is 10.6 Å². The van der Waals surface area contributed by atoms with Crippen molar-refractivity contribution in [3.05, 3.63) is 58.1 Å². The van der Waals surface area contributed by atoms with E-state index in [1.165, 1.54) is 6.07 Å². The van der Waals surface area contributed by atoms with Crippen LogP contribution < -0.4 is 5.73 Å². The van der Waals surface area contributed by atoms with Crippen LogP contribution in [0.3, 0.4) is 0 Å². The summed E-state index contributed by atoms with van der Waals surface area (Å²) in [5, 5.41) is 0. The largest absolute Gasteiger partial charge is 0.398 e. The smallest absolute Gasteiger partial charge is 0.142 e. The van der Waals surface area contributed by atoms with Crippen LogP contribution in [-0.4, -0.2) is 4.21 Å². The van der Waals surface area contributed by atoms with E-state index in [-0.39, 0.29) is 10.6 Å². The predicted octanol–water partition coefficient (Wildman–Crippen LogP) is 3.62. The molecule has 2 rings (SSSR count). The third kappa shape index (κ3) is 3.39. The van der Waals surface area contributed by atoms with Gasteiger partial charge in [-0.2, -0.15) is 0 Å². The van der Waals surface area contributed by atoms with Gasteiger partial charge in [-0.25, -0.2) is 8.78 Å². The molecule has 2 aromatic carbocycles. The van der Waals surface area contributed by atoms with Crippen molar-refractivity contribution in [2.75, 3.05) is 5.73 Å². The predicted molar refractivity (Wildman–Crippen MR) is 75.0 cm³/mol. The van der Waals surface area contributed by atoms with Gasteiger partial charge in [0.15, 0.2) is 0 Å². The molecular formula is C13H10BrF2NOS. The fourth-order valence-electron chi connectivity index (χ4n) is 1.57. The van der Waals surface area contributed by atoms with Crippen LogP contribution in [-0.2, 0) is 16.6 Å². The molecule has 0 bridgehead atoms. The van der Waals surface area contributed by atoms with Gasteiger partial charge in [-0.3, -0.25) is 4.21 Å². The Labute approximate surface area is 120 Å². The number of halogens is 3. The molecule has 0 aliphatic heterocycles. The summed E-state index contributed by atoms with van der Waals surface area (Å²) in [5.74, 6) is -1.37. The van der Waals surface area contributed by atoms with Crippen LogP contribution in [0, 0.1) is 11.6 Å². The van der Waals surface area contributed by atoms with Gasteiger partial charge in [0.1, 0.15) is 11.6 Å². The van der Waals surface area contributed by atoms with E-state index < -0.39 is 22.4 Å². The molecule has 0 spiro atoms. The van der Waals surface area contributed by atoms with Gasteiger partial charge < -0.3 is 5.73 Å². The van der Waals surface area contributed by atoms with E-state index in [1.54, 1.807) is 18.2 Å². The van der Waals surface area contributed by atoms with Crippen molar-refractivity contribution in [1.82, 2.24) is 0 Å². The first-order valence-electron chi connectivity index (χ1n) is 5.34. The average molecular weight is 346 g/mol. The Balaban J connectivity index is 2.23. The summed E-state index contributed by atoms with van der Waals surface area (Å²) in [7, 11) is -1.58. The Morgan fingerprint density at radius 1 is 1.16 bits per heavy atom. The second-order valence-corrected chi connectivity index (χ2v) is 6.19. The fourth-order valence-corrected chi connectivity index (χ4v) is 2.95. The van der Waals surface area contributed by atoms with Crippen molar-refractivity contribution < 1.29 is 13.0 Å².